The molecule has 3 aromatic rings. The molecule has 0 saturated heterocycles. The first-order valence-corrected chi connectivity index (χ1v) is 12.3. The number of likely N-dealkylation sites (N-methyl/N-ethyl adjacent to an activating group) is 1. The molecule has 1 unspecified atom stereocenters. The predicted molar refractivity (Wildman–Crippen MR) is 124 cm³/mol. The highest BCUT2D eigenvalue weighted by molar-refractivity contribution is 7.85. The van der Waals surface area contributed by atoms with Crippen molar-refractivity contribution in [3.8, 4) is 5.75 Å². The maximum atomic E-state index is 9.19. The van der Waals surface area contributed by atoms with E-state index < -0.39 is 10.1 Å². The van der Waals surface area contributed by atoms with Crippen molar-refractivity contribution in [1.82, 2.24) is 4.90 Å². The summed E-state index contributed by atoms with van der Waals surface area (Å²) in [6.45, 7) is 2.17. The van der Waals surface area contributed by atoms with Crippen LogP contribution in [0.4, 0.5) is 0 Å². The van der Waals surface area contributed by atoms with Crippen LogP contribution in [0.2, 0.25) is 0 Å². The van der Waals surface area contributed by atoms with Crippen LogP contribution in [-0.4, -0.2) is 51.4 Å². The zero-order valence-electron chi connectivity index (χ0n) is 18.4. The number of hydrogen-bond acceptors (Lipinski definition) is 5. The summed E-state index contributed by atoms with van der Waals surface area (Å²) in [5, 5.41) is 1.19. The minimum atomic E-state index is -3.67. The summed E-state index contributed by atoms with van der Waals surface area (Å²) < 4.78 is 36.9. The van der Waals surface area contributed by atoms with Gasteiger partial charge in [0.1, 0.15) is 11.3 Å². The number of nitrogens with zero attached hydrogens (tertiary/aromatic N) is 1. The Kier molecular flexibility index (Phi) is 7.75. The molecule has 0 radical (unpaired) electrons. The van der Waals surface area contributed by atoms with Crippen molar-refractivity contribution in [3.05, 3.63) is 65.4 Å². The van der Waals surface area contributed by atoms with Gasteiger partial charge in [0.25, 0.3) is 10.1 Å². The lowest BCUT2D eigenvalue weighted by molar-refractivity contribution is 0.299. The van der Waals surface area contributed by atoms with E-state index in [1.165, 1.54) is 34.9 Å². The molecule has 31 heavy (non-hydrogen) atoms. The van der Waals surface area contributed by atoms with Crippen molar-refractivity contribution in [1.29, 1.82) is 0 Å². The molecule has 2 aromatic carbocycles. The third-order valence-corrected chi connectivity index (χ3v) is 5.64. The lowest BCUT2D eigenvalue weighted by Crippen LogP contribution is -2.28. The summed E-state index contributed by atoms with van der Waals surface area (Å²) in [6, 6.07) is 15.1. The Morgan fingerprint density at radius 1 is 1.23 bits per heavy atom. The van der Waals surface area contributed by atoms with Gasteiger partial charge < -0.3 is 14.1 Å². The van der Waals surface area contributed by atoms with Crippen molar-refractivity contribution >= 4 is 21.1 Å². The molecule has 7 heteroatoms. The van der Waals surface area contributed by atoms with Crippen LogP contribution in [0.5, 0.6) is 5.75 Å². The van der Waals surface area contributed by atoms with Crippen molar-refractivity contribution in [2.24, 2.45) is 0 Å². The molecule has 1 atom stereocenters. The summed E-state index contributed by atoms with van der Waals surface area (Å²) in [5.74, 6) is 1.67. The summed E-state index contributed by atoms with van der Waals surface area (Å²) in [4.78, 5) is 2.47. The van der Waals surface area contributed by atoms with Gasteiger partial charge >= 0.3 is 0 Å². The van der Waals surface area contributed by atoms with E-state index in [2.05, 4.69) is 48.3 Å². The number of rotatable bonds is 6. The quantitative estimate of drug-likeness (QED) is 0.561. The van der Waals surface area contributed by atoms with Crippen LogP contribution in [0.1, 0.15) is 35.4 Å². The average molecular weight is 446 g/mol. The molecule has 1 heterocycles. The molecular formula is C24H31NO5S. The van der Waals surface area contributed by atoms with Gasteiger partial charge in [-0.05, 0) is 79.6 Å². The smallest absolute Gasteiger partial charge is 0.261 e. The number of fused-ring (bicyclic) bond motifs is 2. The Hall–Kier alpha value is -2.35. The maximum absolute atomic E-state index is 9.19. The van der Waals surface area contributed by atoms with Gasteiger partial charge in [0, 0.05) is 18.5 Å². The lowest BCUT2D eigenvalue weighted by Gasteiger charge is -2.30. The van der Waals surface area contributed by atoms with E-state index in [0.717, 1.165) is 37.3 Å². The second-order valence-corrected chi connectivity index (χ2v) is 9.62. The highest BCUT2D eigenvalue weighted by Crippen LogP contribution is 2.36. The van der Waals surface area contributed by atoms with E-state index in [-0.39, 0.29) is 0 Å². The fourth-order valence-corrected chi connectivity index (χ4v) is 4.25. The normalized spacial score (nSPS) is 16.0. The predicted octanol–water partition coefficient (Wildman–Crippen LogP) is 4.54. The summed E-state index contributed by atoms with van der Waals surface area (Å²) >= 11 is 0. The summed E-state index contributed by atoms with van der Waals surface area (Å²) in [6.07, 6.45) is 7.20. The van der Waals surface area contributed by atoms with Crippen LogP contribution in [0.3, 0.4) is 0 Å². The molecule has 0 amide bonds. The van der Waals surface area contributed by atoms with Crippen LogP contribution in [-0.2, 0) is 23.0 Å². The monoisotopic (exact) mass is 445 g/mol. The first kappa shape index (κ1) is 23.3. The topological polar surface area (TPSA) is 80.0 Å². The van der Waals surface area contributed by atoms with Crippen molar-refractivity contribution < 1.29 is 22.1 Å². The number of ether oxygens (including phenoxy) is 1. The van der Waals surface area contributed by atoms with Gasteiger partial charge in [0.2, 0.25) is 0 Å². The Morgan fingerprint density at radius 2 is 2.00 bits per heavy atom. The maximum Gasteiger partial charge on any atom is 0.261 e. The molecular weight excluding hydrogens is 414 g/mol. The van der Waals surface area contributed by atoms with Gasteiger partial charge in [-0.3, -0.25) is 4.55 Å². The molecule has 4 rings (SSSR count). The van der Waals surface area contributed by atoms with Gasteiger partial charge in [0.05, 0.1) is 19.6 Å². The van der Waals surface area contributed by atoms with Gasteiger partial charge in [0.15, 0.2) is 0 Å². The van der Waals surface area contributed by atoms with Crippen LogP contribution >= 0.6 is 0 Å². The van der Waals surface area contributed by atoms with Crippen LogP contribution in [0.25, 0.3) is 11.0 Å². The average Bonchev–Trinajstić information content (AvgIpc) is 3.19. The Morgan fingerprint density at radius 3 is 2.74 bits per heavy atom. The van der Waals surface area contributed by atoms with E-state index in [1.54, 1.807) is 13.4 Å². The first-order chi connectivity index (χ1) is 14.7. The molecule has 0 spiro atoms. The van der Waals surface area contributed by atoms with Crippen molar-refractivity contribution in [2.45, 2.75) is 31.6 Å². The number of methoxy groups -OCH3 is 1. The number of furan rings is 1. The van der Waals surface area contributed by atoms with Gasteiger partial charge in [-0.1, -0.05) is 18.2 Å². The molecule has 1 aliphatic rings. The standard InChI is InChI=1S/C23H27NO2.CH4O3S/c1-24(13-11-17-9-10-22-18(15-17)12-14-26-22)16-19-5-3-7-21-20(19)6-4-8-23(21)25-2;1-5(2,3)4/h4,6,8-10,12,14-15,19H,3,5,7,11,13,16H2,1-2H3;1H3,(H,2,3,4). The zero-order chi connectivity index (χ0) is 22.4. The zero-order valence-corrected chi connectivity index (χ0v) is 19.2. The second-order valence-electron chi connectivity index (χ2n) is 8.16. The van der Waals surface area contributed by atoms with E-state index >= 15 is 0 Å². The van der Waals surface area contributed by atoms with Crippen LogP contribution in [0.15, 0.2) is 53.1 Å². The largest absolute Gasteiger partial charge is 0.496 e. The summed E-state index contributed by atoms with van der Waals surface area (Å²) in [5.41, 5.74) is 5.25. The molecule has 0 aliphatic heterocycles. The van der Waals surface area contributed by atoms with E-state index in [4.69, 9.17) is 13.7 Å². The van der Waals surface area contributed by atoms with E-state index in [1.807, 2.05) is 6.07 Å². The molecule has 1 aliphatic carbocycles. The Balaban J connectivity index is 0.000000491. The van der Waals surface area contributed by atoms with Crippen molar-refractivity contribution in [3.63, 3.8) is 0 Å². The Bertz CT molecular complexity index is 1100. The second kappa shape index (κ2) is 10.3. The van der Waals surface area contributed by atoms with Gasteiger partial charge in [-0.2, -0.15) is 8.42 Å². The van der Waals surface area contributed by atoms with Crippen molar-refractivity contribution in [2.75, 3.05) is 33.5 Å². The molecule has 0 fully saturated rings. The van der Waals surface area contributed by atoms with Gasteiger partial charge in [-0.25, -0.2) is 0 Å². The highest BCUT2D eigenvalue weighted by atomic mass is 32.2. The van der Waals surface area contributed by atoms with E-state index in [9.17, 15) is 8.42 Å². The third kappa shape index (κ3) is 6.82. The number of hydrogen-bond donors (Lipinski definition) is 1. The molecule has 1 N–H and O–H groups in total. The molecule has 6 nitrogen and oxygen atoms in total. The minimum absolute atomic E-state index is 0.607. The SMILES string of the molecule is COc1cccc2c1CCCC2CN(C)CCc1ccc2occc2c1.CS(=O)(=O)O. The number of benzene rings is 2. The minimum Gasteiger partial charge on any atom is -0.496 e. The summed E-state index contributed by atoms with van der Waals surface area (Å²) in [7, 11) is 0.354. The molecule has 1 aromatic heterocycles. The molecule has 168 valence electrons. The molecule has 0 bridgehead atoms. The lowest BCUT2D eigenvalue weighted by atomic mass is 9.82. The fourth-order valence-electron chi connectivity index (χ4n) is 4.25. The van der Waals surface area contributed by atoms with Gasteiger partial charge in [-0.15, -0.1) is 0 Å². The van der Waals surface area contributed by atoms with Crippen LogP contribution < -0.4 is 4.74 Å². The first-order valence-electron chi connectivity index (χ1n) is 10.5. The fraction of sp³-hybridized carbons (Fsp3) is 0.417. The third-order valence-electron chi connectivity index (χ3n) is 5.64. The van der Waals surface area contributed by atoms with Crippen LogP contribution in [0, 0.1) is 0 Å². The Labute approximate surface area is 184 Å². The highest BCUT2D eigenvalue weighted by Gasteiger charge is 2.23. The molecule has 0 saturated carbocycles. The van der Waals surface area contributed by atoms with E-state index in [0.29, 0.717) is 12.2 Å².